The van der Waals surface area contributed by atoms with Crippen LogP contribution in [0.25, 0.3) is 0 Å². The molecule has 0 bridgehead atoms. The van der Waals surface area contributed by atoms with Crippen LogP contribution in [0.5, 0.6) is 11.5 Å². The molecule has 0 aliphatic carbocycles. The van der Waals surface area contributed by atoms with Gasteiger partial charge in [0.2, 0.25) is 0 Å². The molecule has 0 unspecified atom stereocenters. The van der Waals surface area contributed by atoms with Crippen LogP contribution >= 0.6 is 24.8 Å². The molecule has 1 N–H and O–H groups in total. The van der Waals surface area contributed by atoms with E-state index in [9.17, 15) is 0 Å². The molecule has 118 valence electrons. The zero-order valence-corrected chi connectivity index (χ0v) is 14.3. The van der Waals surface area contributed by atoms with Crippen LogP contribution in [-0.2, 0) is 6.54 Å². The van der Waals surface area contributed by atoms with E-state index in [1.54, 1.807) is 14.2 Å². The first-order chi connectivity index (χ1) is 8.69. The van der Waals surface area contributed by atoms with E-state index < -0.39 is 0 Å². The molecule has 0 aliphatic heterocycles. The van der Waals surface area contributed by atoms with E-state index in [0.717, 1.165) is 43.1 Å². The van der Waals surface area contributed by atoms with E-state index in [-0.39, 0.29) is 24.8 Å². The van der Waals surface area contributed by atoms with Gasteiger partial charge < -0.3 is 19.7 Å². The highest BCUT2D eigenvalue weighted by Gasteiger charge is 2.08. The Kier molecular flexibility index (Phi) is 13.1. The van der Waals surface area contributed by atoms with Gasteiger partial charge in [0.05, 0.1) is 14.2 Å². The van der Waals surface area contributed by atoms with E-state index in [2.05, 4.69) is 30.4 Å². The van der Waals surface area contributed by atoms with Crippen LogP contribution in [0.3, 0.4) is 0 Å². The quantitative estimate of drug-likeness (QED) is 0.745. The summed E-state index contributed by atoms with van der Waals surface area (Å²) in [5.74, 6) is 1.60. The Balaban J connectivity index is 0. The van der Waals surface area contributed by atoms with Crippen LogP contribution in [0.1, 0.15) is 12.0 Å². The van der Waals surface area contributed by atoms with Gasteiger partial charge in [0.25, 0.3) is 0 Å². The molecular weight excluding hydrogens is 299 g/mol. The first-order valence-corrected chi connectivity index (χ1v) is 6.24. The van der Waals surface area contributed by atoms with Gasteiger partial charge in [-0.15, -0.1) is 24.8 Å². The predicted molar refractivity (Wildman–Crippen MR) is 88.9 cm³/mol. The Morgan fingerprint density at radius 1 is 1.10 bits per heavy atom. The van der Waals surface area contributed by atoms with Gasteiger partial charge in [0.1, 0.15) is 0 Å². The molecule has 0 saturated carbocycles. The third-order valence-electron chi connectivity index (χ3n) is 2.76. The smallest absolute Gasteiger partial charge is 0.165 e. The maximum Gasteiger partial charge on any atom is 0.165 e. The van der Waals surface area contributed by atoms with Crippen LogP contribution in [0.2, 0.25) is 0 Å². The first-order valence-electron chi connectivity index (χ1n) is 6.24. The third kappa shape index (κ3) is 7.20. The molecule has 0 saturated heterocycles. The fourth-order valence-electron chi connectivity index (χ4n) is 1.84. The molecule has 0 heterocycles. The summed E-state index contributed by atoms with van der Waals surface area (Å²) in [5.41, 5.74) is 1.13. The number of nitrogens with zero attached hydrogens (tertiary/aromatic N) is 1. The maximum atomic E-state index is 5.39. The standard InChI is InChI=1S/C14H24N2O2.2ClH/c1-16(2)10-6-9-15-11-12-7-5-8-13(17-3)14(12)18-4;;/h5,7-8,15H,6,9-11H2,1-4H3;2*1H. The molecular formula is C14H26Cl2N2O2. The lowest BCUT2D eigenvalue weighted by Gasteiger charge is -2.13. The topological polar surface area (TPSA) is 33.7 Å². The van der Waals surface area contributed by atoms with Crippen molar-refractivity contribution in [2.24, 2.45) is 0 Å². The minimum atomic E-state index is 0. The van der Waals surface area contributed by atoms with Gasteiger partial charge in [-0.3, -0.25) is 0 Å². The Bertz CT molecular complexity index is 363. The van der Waals surface area contributed by atoms with Crippen molar-refractivity contribution in [1.82, 2.24) is 10.2 Å². The molecule has 0 atom stereocenters. The normalized spacial score (nSPS) is 9.65. The lowest BCUT2D eigenvalue weighted by Crippen LogP contribution is -2.21. The van der Waals surface area contributed by atoms with E-state index in [0.29, 0.717) is 0 Å². The number of para-hydroxylation sites is 1. The number of hydrogen-bond donors (Lipinski definition) is 1. The second-order valence-corrected chi connectivity index (χ2v) is 4.49. The van der Waals surface area contributed by atoms with Crippen LogP contribution < -0.4 is 14.8 Å². The predicted octanol–water partition coefficient (Wildman–Crippen LogP) is 2.59. The fraction of sp³-hybridized carbons (Fsp3) is 0.571. The molecule has 0 radical (unpaired) electrons. The Morgan fingerprint density at radius 3 is 2.35 bits per heavy atom. The first kappa shape index (κ1) is 21.6. The summed E-state index contributed by atoms with van der Waals surface area (Å²) in [4.78, 5) is 2.19. The number of nitrogens with one attached hydrogen (secondary N) is 1. The van der Waals surface area contributed by atoms with Crippen molar-refractivity contribution in [3.8, 4) is 11.5 Å². The van der Waals surface area contributed by atoms with Crippen LogP contribution in [0.4, 0.5) is 0 Å². The molecule has 0 fully saturated rings. The number of halogens is 2. The molecule has 4 nitrogen and oxygen atoms in total. The van der Waals surface area contributed by atoms with Crippen molar-refractivity contribution in [3.05, 3.63) is 23.8 Å². The van der Waals surface area contributed by atoms with Gasteiger partial charge in [-0.05, 0) is 39.7 Å². The Labute approximate surface area is 134 Å². The lowest BCUT2D eigenvalue weighted by atomic mass is 10.2. The fourth-order valence-corrected chi connectivity index (χ4v) is 1.84. The van der Waals surface area contributed by atoms with Gasteiger partial charge in [-0.2, -0.15) is 0 Å². The van der Waals surface area contributed by atoms with Crippen molar-refractivity contribution in [3.63, 3.8) is 0 Å². The minimum absolute atomic E-state index is 0. The Morgan fingerprint density at radius 2 is 1.80 bits per heavy atom. The van der Waals surface area contributed by atoms with Gasteiger partial charge in [0, 0.05) is 12.1 Å². The molecule has 20 heavy (non-hydrogen) atoms. The van der Waals surface area contributed by atoms with E-state index in [1.165, 1.54) is 0 Å². The number of rotatable bonds is 8. The van der Waals surface area contributed by atoms with Crippen molar-refractivity contribution in [1.29, 1.82) is 0 Å². The monoisotopic (exact) mass is 324 g/mol. The molecule has 0 amide bonds. The highest BCUT2D eigenvalue weighted by Crippen LogP contribution is 2.30. The van der Waals surface area contributed by atoms with E-state index >= 15 is 0 Å². The summed E-state index contributed by atoms with van der Waals surface area (Å²) in [5, 5.41) is 3.42. The zero-order chi connectivity index (χ0) is 13.4. The lowest BCUT2D eigenvalue weighted by molar-refractivity contribution is 0.350. The molecule has 0 aliphatic rings. The zero-order valence-electron chi connectivity index (χ0n) is 12.6. The number of hydrogen-bond acceptors (Lipinski definition) is 4. The maximum absolute atomic E-state index is 5.39. The Hall–Kier alpha value is -0.680. The summed E-state index contributed by atoms with van der Waals surface area (Å²) in [6.07, 6.45) is 1.14. The summed E-state index contributed by atoms with van der Waals surface area (Å²) in [6, 6.07) is 5.95. The van der Waals surface area contributed by atoms with E-state index in [1.807, 2.05) is 12.1 Å². The van der Waals surface area contributed by atoms with Crippen LogP contribution in [-0.4, -0.2) is 46.3 Å². The van der Waals surface area contributed by atoms with Gasteiger partial charge in [-0.25, -0.2) is 0 Å². The van der Waals surface area contributed by atoms with Crippen LogP contribution in [0, 0.1) is 0 Å². The summed E-state index contributed by atoms with van der Waals surface area (Å²) in [6.45, 7) is 2.90. The van der Waals surface area contributed by atoms with E-state index in [4.69, 9.17) is 9.47 Å². The molecule has 1 rings (SSSR count). The van der Waals surface area contributed by atoms with Crippen molar-refractivity contribution >= 4 is 24.8 Å². The van der Waals surface area contributed by atoms with Gasteiger partial charge >= 0.3 is 0 Å². The number of benzene rings is 1. The van der Waals surface area contributed by atoms with Crippen molar-refractivity contribution in [2.45, 2.75) is 13.0 Å². The van der Waals surface area contributed by atoms with Crippen molar-refractivity contribution in [2.75, 3.05) is 41.4 Å². The number of methoxy groups -OCH3 is 2. The second-order valence-electron chi connectivity index (χ2n) is 4.49. The summed E-state index contributed by atoms with van der Waals surface area (Å²) >= 11 is 0. The molecule has 6 heteroatoms. The largest absolute Gasteiger partial charge is 0.493 e. The second kappa shape index (κ2) is 12.1. The average molecular weight is 325 g/mol. The average Bonchev–Trinajstić information content (AvgIpc) is 2.37. The van der Waals surface area contributed by atoms with Gasteiger partial charge in [-0.1, -0.05) is 12.1 Å². The van der Waals surface area contributed by atoms with Gasteiger partial charge in [0.15, 0.2) is 11.5 Å². The molecule has 1 aromatic carbocycles. The molecule has 0 spiro atoms. The van der Waals surface area contributed by atoms with Crippen molar-refractivity contribution < 1.29 is 9.47 Å². The third-order valence-corrected chi connectivity index (χ3v) is 2.76. The molecule has 0 aromatic heterocycles. The SMILES string of the molecule is COc1cccc(CNCCCN(C)C)c1OC.Cl.Cl. The van der Waals surface area contributed by atoms with Crippen LogP contribution in [0.15, 0.2) is 18.2 Å². The highest BCUT2D eigenvalue weighted by molar-refractivity contribution is 5.85. The summed E-state index contributed by atoms with van der Waals surface area (Å²) < 4.78 is 10.7. The highest BCUT2D eigenvalue weighted by atomic mass is 35.5. The molecule has 1 aromatic rings. The minimum Gasteiger partial charge on any atom is -0.493 e. The number of ether oxygens (including phenoxy) is 2. The summed E-state index contributed by atoms with van der Waals surface area (Å²) in [7, 11) is 7.51.